The molecule has 3 unspecified atom stereocenters. The van der Waals surface area contributed by atoms with Crippen LogP contribution in [0.4, 0.5) is 5.69 Å². The molecule has 2 aliphatic rings. The van der Waals surface area contributed by atoms with Gasteiger partial charge < -0.3 is 14.8 Å². The van der Waals surface area contributed by atoms with Crippen LogP contribution in [0, 0.1) is 11.8 Å². The Morgan fingerprint density at radius 2 is 2.32 bits per heavy atom. The molecule has 1 saturated carbocycles. The summed E-state index contributed by atoms with van der Waals surface area (Å²) in [6, 6.07) is 4.51. The highest BCUT2D eigenvalue weighted by atomic mass is 16.5. The maximum absolute atomic E-state index is 5.44. The molecular formula is C15H20N2O2. The van der Waals surface area contributed by atoms with E-state index >= 15 is 0 Å². The topological polar surface area (TPSA) is 43.4 Å². The lowest BCUT2D eigenvalue weighted by Gasteiger charge is -2.41. The summed E-state index contributed by atoms with van der Waals surface area (Å²) < 4.78 is 10.4. The van der Waals surface area contributed by atoms with Crippen LogP contribution in [-0.2, 0) is 4.74 Å². The number of hydrogen-bond donors (Lipinski definition) is 1. The van der Waals surface area contributed by atoms with Crippen molar-refractivity contribution in [3.63, 3.8) is 0 Å². The number of anilines is 1. The molecule has 0 amide bonds. The minimum Gasteiger partial charge on any atom is -0.475 e. The molecule has 1 aromatic rings. The van der Waals surface area contributed by atoms with Crippen LogP contribution in [0.5, 0.6) is 5.88 Å². The van der Waals surface area contributed by atoms with Gasteiger partial charge in [0.25, 0.3) is 0 Å². The molecule has 3 rings (SSSR count). The van der Waals surface area contributed by atoms with Crippen molar-refractivity contribution < 1.29 is 9.47 Å². The van der Waals surface area contributed by atoms with Gasteiger partial charge in [0.05, 0.1) is 18.5 Å². The SMILES string of the molecule is COCCOc1ccc(NC2CC3CC=CC32)cn1. The molecule has 1 aromatic heterocycles. The summed E-state index contributed by atoms with van der Waals surface area (Å²) in [4.78, 5) is 4.29. The van der Waals surface area contributed by atoms with Gasteiger partial charge in [-0.05, 0) is 24.8 Å². The number of aromatic nitrogens is 1. The Labute approximate surface area is 113 Å². The smallest absolute Gasteiger partial charge is 0.213 e. The molecule has 19 heavy (non-hydrogen) atoms. The predicted octanol–water partition coefficient (Wildman–Crippen LogP) is 2.48. The maximum Gasteiger partial charge on any atom is 0.213 e. The molecule has 4 nitrogen and oxygen atoms in total. The highest BCUT2D eigenvalue weighted by molar-refractivity contribution is 5.44. The van der Waals surface area contributed by atoms with E-state index in [1.54, 1.807) is 7.11 Å². The van der Waals surface area contributed by atoms with Crippen LogP contribution in [0.3, 0.4) is 0 Å². The van der Waals surface area contributed by atoms with E-state index in [-0.39, 0.29) is 0 Å². The number of allylic oxidation sites excluding steroid dienone is 1. The van der Waals surface area contributed by atoms with Crippen LogP contribution in [0.2, 0.25) is 0 Å². The van der Waals surface area contributed by atoms with Crippen LogP contribution in [0.1, 0.15) is 12.8 Å². The van der Waals surface area contributed by atoms with E-state index in [1.165, 1.54) is 12.8 Å². The third kappa shape index (κ3) is 2.73. The number of ether oxygens (including phenoxy) is 2. The van der Waals surface area contributed by atoms with Crippen LogP contribution in [0.15, 0.2) is 30.5 Å². The zero-order chi connectivity index (χ0) is 13.1. The summed E-state index contributed by atoms with van der Waals surface area (Å²) in [5.41, 5.74) is 1.07. The number of nitrogens with one attached hydrogen (secondary N) is 1. The summed E-state index contributed by atoms with van der Waals surface area (Å²) in [7, 11) is 1.66. The van der Waals surface area contributed by atoms with Gasteiger partial charge in [-0.15, -0.1) is 0 Å². The summed E-state index contributed by atoms with van der Waals surface area (Å²) in [5.74, 6) is 2.24. The summed E-state index contributed by atoms with van der Waals surface area (Å²) >= 11 is 0. The molecule has 0 bridgehead atoms. The molecule has 4 heteroatoms. The zero-order valence-corrected chi connectivity index (χ0v) is 11.2. The van der Waals surface area contributed by atoms with Crippen molar-refractivity contribution >= 4 is 5.69 Å². The lowest BCUT2D eigenvalue weighted by molar-refractivity contribution is 0.144. The van der Waals surface area contributed by atoms with Gasteiger partial charge >= 0.3 is 0 Å². The van der Waals surface area contributed by atoms with Crippen molar-refractivity contribution in [1.29, 1.82) is 0 Å². The van der Waals surface area contributed by atoms with Crippen molar-refractivity contribution in [1.82, 2.24) is 4.98 Å². The molecule has 0 saturated heterocycles. The monoisotopic (exact) mass is 260 g/mol. The molecule has 0 spiro atoms. The Balaban J connectivity index is 1.50. The average Bonchev–Trinajstić information content (AvgIpc) is 2.79. The Kier molecular flexibility index (Phi) is 3.69. The van der Waals surface area contributed by atoms with Crippen molar-refractivity contribution in [2.75, 3.05) is 25.6 Å². The first-order chi connectivity index (χ1) is 9.36. The summed E-state index contributed by atoms with van der Waals surface area (Å²) in [5, 5.41) is 3.55. The molecule has 0 radical (unpaired) electrons. The molecule has 1 N–H and O–H groups in total. The van der Waals surface area contributed by atoms with Crippen molar-refractivity contribution in [2.24, 2.45) is 11.8 Å². The Morgan fingerprint density at radius 3 is 3.05 bits per heavy atom. The second kappa shape index (κ2) is 5.61. The fraction of sp³-hybridized carbons (Fsp3) is 0.533. The van der Waals surface area contributed by atoms with E-state index in [9.17, 15) is 0 Å². The van der Waals surface area contributed by atoms with Crippen molar-refractivity contribution in [2.45, 2.75) is 18.9 Å². The van der Waals surface area contributed by atoms with Crippen molar-refractivity contribution in [3.8, 4) is 5.88 Å². The highest BCUT2D eigenvalue weighted by Crippen LogP contribution is 2.43. The molecular weight excluding hydrogens is 240 g/mol. The van der Waals surface area contributed by atoms with E-state index in [0.29, 0.717) is 25.1 Å². The van der Waals surface area contributed by atoms with Crippen LogP contribution >= 0.6 is 0 Å². The van der Waals surface area contributed by atoms with Gasteiger partial charge in [-0.3, -0.25) is 0 Å². The van der Waals surface area contributed by atoms with Gasteiger partial charge in [-0.1, -0.05) is 12.2 Å². The molecule has 3 atom stereocenters. The van der Waals surface area contributed by atoms with E-state index in [4.69, 9.17) is 9.47 Å². The summed E-state index contributed by atoms with van der Waals surface area (Å²) in [6.45, 7) is 1.12. The molecule has 0 aromatic carbocycles. The van der Waals surface area contributed by atoms with Gasteiger partial charge in [0.1, 0.15) is 6.61 Å². The minimum atomic E-state index is 0.535. The van der Waals surface area contributed by atoms with Crippen molar-refractivity contribution in [3.05, 3.63) is 30.5 Å². The lowest BCUT2D eigenvalue weighted by atomic mass is 9.71. The second-order valence-corrected chi connectivity index (χ2v) is 5.21. The quantitative estimate of drug-likeness (QED) is 0.630. The molecule has 2 aliphatic carbocycles. The normalized spacial score (nSPS) is 27.7. The largest absolute Gasteiger partial charge is 0.475 e. The van der Waals surface area contributed by atoms with E-state index in [2.05, 4.69) is 22.5 Å². The first-order valence-electron chi connectivity index (χ1n) is 6.88. The van der Waals surface area contributed by atoms with Crippen LogP contribution in [-0.4, -0.2) is 31.3 Å². The summed E-state index contributed by atoms with van der Waals surface area (Å²) in [6.07, 6.45) is 9.02. The standard InChI is InChI=1S/C15H20N2O2/c1-18-7-8-19-15-6-5-12(10-16-15)17-14-9-11-3-2-4-13(11)14/h2,4-6,10-11,13-14,17H,3,7-9H2,1H3. The lowest BCUT2D eigenvalue weighted by Crippen LogP contribution is -2.43. The van der Waals surface area contributed by atoms with Gasteiger partial charge in [-0.25, -0.2) is 4.98 Å². The van der Waals surface area contributed by atoms with Gasteiger partial charge in [0.15, 0.2) is 0 Å². The molecule has 0 aliphatic heterocycles. The van der Waals surface area contributed by atoms with E-state index in [0.717, 1.165) is 17.5 Å². The number of fused-ring (bicyclic) bond motifs is 1. The average molecular weight is 260 g/mol. The number of hydrogen-bond acceptors (Lipinski definition) is 4. The first kappa shape index (κ1) is 12.5. The van der Waals surface area contributed by atoms with E-state index < -0.39 is 0 Å². The second-order valence-electron chi connectivity index (χ2n) is 5.21. The number of methoxy groups -OCH3 is 1. The Morgan fingerprint density at radius 1 is 1.37 bits per heavy atom. The minimum absolute atomic E-state index is 0.535. The third-order valence-corrected chi connectivity index (χ3v) is 3.99. The fourth-order valence-electron chi connectivity index (χ4n) is 2.88. The number of rotatable bonds is 6. The van der Waals surface area contributed by atoms with Crippen LogP contribution < -0.4 is 10.1 Å². The van der Waals surface area contributed by atoms with Gasteiger partial charge in [0.2, 0.25) is 5.88 Å². The van der Waals surface area contributed by atoms with Gasteiger partial charge in [-0.2, -0.15) is 0 Å². The van der Waals surface area contributed by atoms with E-state index in [1.807, 2.05) is 18.3 Å². The Hall–Kier alpha value is -1.55. The highest BCUT2D eigenvalue weighted by Gasteiger charge is 2.40. The third-order valence-electron chi connectivity index (χ3n) is 3.99. The van der Waals surface area contributed by atoms with Gasteiger partial charge in [0, 0.05) is 25.1 Å². The maximum atomic E-state index is 5.44. The zero-order valence-electron chi connectivity index (χ0n) is 11.2. The van der Waals surface area contributed by atoms with Crippen LogP contribution in [0.25, 0.3) is 0 Å². The fourth-order valence-corrected chi connectivity index (χ4v) is 2.88. The molecule has 102 valence electrons. The molecule has 1 fully saturated rings. The Bertz CT molecular complexity index is 444. The first-order valence-corrected chi connectivity index (χ1v) is 6.88. The number of pyridine rings is 1. The molecule has 1 heterocycles. The number of nitrogens with zero attached hydrogens (tertiary/aromatic N) is 1. The predicted molar refractivity (Wildman–Crippen MR) is 74.4 cm³/mol.